The van der Waals surface area contributed by atoms with Crippen molar-refractivity contribution >= 4 is 11.0 Å². The molecular weight excluding hydrogens is 192 g/mol. The first-order valence-electron chi connectivity index (χ1n) is 5.03. The number of hydrogen-bond donors (Lipinski definition) is 1. The molecule has 3 rings (SSSR count). The van der Waals surface area contributed by atoms with Crippen molar-refractivity contribution < 1.29 is 9.52 Å². The molecule has 0 unspecified atom stereocenters. The second-order valence-electron chi connectivity index (χ2n) is 3.88. The Kier molecular flexibility index (Phi) is 1.63. The predicted octanol–water partition coefficient (Wildman–Crippen LogP) is 1.99. The standard InChI is InChI=1S/C12H10O3/c13-7-4-5-9-8-2-1-3-10(8)12(14)15-11(9)6-7/h4-6,13H,1-3H2. The van der Waals surface area contributed by atoms with Crippen LogP contribution in [0.3, 0.4) is 0 Å². The van der Waals surface area contributed by atoms with Crippen LogP contribution in [0.1, 0.15) is 17.5 Å². The number of fused-ring (bicyclic) bond motifs is 3. The zero-order valence-corrected chi connectivity index (χ0v) is 8.12. The predicted molar refractivity (Wildman–Crippen MR) is 56.2 cm³/mol. The molecule has 0 fully saturated rings. The Morgan fingerprint density at radius 2 is 2.00 bits per heavy atom. The van der Waals surface area contributed by atoms with Crippen LogP contribution in [0.2, 0.25) is 0 Å². The summed E-state index contributed by atoms with van der Waals surface area (Å²) in [6, 6.07) is 4.94. The van der Waals surface area contributed by atoms with Crippen molar-refractivity contribution in [3.05, 3.63) is 39.7 Å². The lowest BCUT2D eigenvalue weighted by Crippen LogP contribution is -2.06. The van der Waals surface area contributed by atoms with E-state index in [1.54, 1.807) is 6.07 Å². The highest BCUT2D eigenvalue weighted by Gasteiger charge is 2.19. The average molecular weight is 202 g/mol. The van der Waals surface area contributed by atoms with Crippen LogP contribution >= 0.6 is 0 Å². The number of rotatable bonds is 0. The third-order valence-electron chi connectivity index (χ3n) is 2.96. The molecule has 3 heteroatoms. The SMILES string of the molecule is O=c1oc2cc(O)ccc2c2c1CCC2. The van der Waals surface area contributed by atoms with Gasteiger partial charge in [-0.25, -0.2) is 4.79 Å². The van der Waals surface area contributed by atoms with Gasteiger partial charge >= 0.3 is 5.63 Å². The van der Waals surface area contributed by atoms with Gasteiger partial charge in [0.2, 0.25) is 0 Å². The summed E-state index contributed by atoms with van der Waals surface area (Å²) in [6.07, 6.45) is 2.76. The molecular formula is C12H10O3. The molecule has 3 nitrogen and oxygen atoms in total. The molecule has 0 bridgehead atoms. The second kappa shape index (κ2) is 2.86. The maximum Gasteiger partial charge on any atom is 0.339 e. The van der Waals surface area contributed by atoms with Crippen molar-refractivity contribution in [2.24, 2.45) is 0 Å². The highest BCUT2D eigenvalue weighted by molar-refractivity contribution is 5.82. The van der Waals surface area contributed by atoms with Crippen molar-refractivity contribution in [2.45, 2.75) is 19.3 Å². The summed E-state index contributed by atoms with van der Waals surface area (Å²) >= 11 is 0. The van der Waals surface area contributed by atoms with Crippen LogP contribution in [0, 0.1) is 0 Å². The van der Waals surface area contributed by atoms with E-state index >= 15 is 0 Å². The molecule has 1 aliphatic carbocycles. The summed E-state index contributed by atoms with van der Waals surface area (Å²) in [7, 11) is 0. The van der Waals surface area contributed by atoms with Crippen LogP contribution in [-0.2, 0) is 12.8 Å². The first-order valence-corrected chi connectivity index (χ1v) is 5.03. The minimum absolute atomic E-state index is 0.128. The fourth-order valence-corrected chi connectivity index (χ4v) is 2.27. The van der Waals surface area contributed by atoms with Crippen molar-refractivity contribution in [3.63, 3.8) is 0 Å². The molecule has 0 spiro atoms. The normalized spacial score (nSPS) is 14.4. The largest absolute Gasteiger partial charge is 0.508 e. The van der Waals surface area contributed by atoms with E-state index in [2.05, 4.69) is 0 Å². The van der Waals surface area contributed by atoms with Crippen molar-refractivity contribution in [2.75, 3.05) is 0 Å². The van der Waals surface area contributed by atoms with E-state index < -0.39 is 0 Å². The first-order chi connectivity index (χ1) is 7.25. The molecule has 0 aliphatic heterocycles. The summed E-state index contributed by atoms with van der Waals surface area (Å²) in [5.41, 5.74) is 2.15. The molecule has 1 aromatic heterocycles. The van der Waals surface area contributed by atoms with E-state index in [-0.39, 0.29) is 11.4 Å². The quantitative estimate of drug-likeness (QED) is 0.664. The summed E-state index contributed by atoms with van der Waals surface area (Å²) in [4.78, 5) is 11.6. The fourth-order valence-electron chi connectivity index (χ4n) is 2.27. The van der Waals surface area contributed by atoms with Gasteiger partial charge in [-0.15, -0.1) is 0 Å². The molecule has 1 aliphatic rings. The third kappa shape index (κ3) is 1.16. The molecule has 2 aromatic rings. The Morgan fingerprint density at radius 3 is 2.87 bits per heavy atom. The summed E-state index contributed by atoms with van der Waals surface area (Å²) < 4.78 is 5.17. The molecule has 0 saturated heterocycles. The summed E-state index contributed by atoms with van der Waals surface area (Å²) in [5.74, 6) is 0.128. The molecule has 0 atom stereocenters. The lowest BCUT2D eigenvalue weighted by atomic mass is 10.1. The monoisotopic (exact) mass is 202 g/mol. The lowest BCUT2D eigenvalue weighted by molar-refractivity contribution is 0.473. The minimum atomic E-state index is -0.249. The maximum absolute atomic E-state index is 11.6. The minimum Gasteiger partial charge on any atom is -0.508 e. The van der Waals surface area contributed by atoms with E-state index in [0.717, 1.165) is 35.8 Å². The van der Waals surface area contributed by atoms with Gasteiger partial charge in [-0.05, 0) is 37.0 Å². The van der Waals surface area contributed by atoms with Gasteiger partial charge in [0, 0.05) is 17.0 Å². The van der Waals surface area contributed by atoms with Crippen molar-refractivity contribution in [3.8, 4) is 5.75 Å². The number of aromatic hydroxyl groups is 1. The van der Waals surface area contributed by atoms with Crippen LogP contribution in [-0.4, -0.2) is 5.11 Å². The van der Waals surface area contributed by atoms with Gasteiger partial charge in [-0.1, -0.05) is 0 Å². The highest BCUT2D eigenvalue weighted by Crippen LogP contribution is 2.28. The summed E-state index contributed by atoms with van der Waals surface area (Å²) in [6.45, 7) is 0. The van der Waals surface area contributed by atoms with Crippen molar-refractivity contribution in [1.82, 2.24) is 0 Å². The number of phenols is 1. The van der Waals surface area contributed by atoms with E-state index in [1.807, 2.05) is 6.07 Å². The Morgan fingerprint density at radius 1 is 1.20 bits per heavy atom. The Balaban J connectivity index is 2.48. The van der Waals surface area contributed by atoms with Gasteiger partial charge in [0.1, 0.15) is 11.3 Å². The number of benzene rings is 1. The second-order valence-corrected chi connectivity index (χ2v) is 3.88. The molecule has 0 amide bonds. The fraction of sp³-hybridized carbons (Fsp3) is 0.250. The zero-order chi connectivity index (χ0) is 10.4. The van der Waals surface area contributed by atoms with E-state index in [9.17, 15) is 9.90 Å². The third-order valence-corrected chi connectivity index (χ3v) is 2.96. The molecule has 0 saturated carbocycles. The maximum atomic E-state index is 11.6. The van der Waals surface area contributed by atoms with Gasteiger partial charge in [-0.2, -0.15) is 0 Å². The number of phenolic OH excluding ortho intramolecular Hbond substituents is 1. The molecule has 0 radical (unpaired) electrons. The van der Waals surface area contributed by atoms with Crippen LogP contribution in [0.15, 0.2) is 27.4 Å². The van der Waals surface area contributed by atoms with Crippen LogP contribution in [0.4, 0.5) is 0 Å². The van der Waals surface area contributed by atoms with Crippen LogP contribution in [0.5, 0.6) is 5.75 Å². The van der Waals surface area contributed by atoms with E-state index in [1.165, 1.54) is 6.07 Å². The molecule has 76 valence electrons. The van der Waals surface area contributed by atoms with Gasteiger partial charge in [0.15, 0.2) is 0 Å². The van der Waals surface area contributed by atoms with E-state index in [0.29, 0.717) is 5.58 Å². The highest BCUT2D eigenvalue weighted by atomic mass is 16.4. The average Bonchev–Trinajstić information content (AvgIpc) is 2.66. The van der Waals surface area contributed by atoms with E-state index in [4.69, 9.17) is 4.42 Å². The Hall–Kier alpha value is -1.77. The first kappa shape index (κ1) is 8.53. The Bertz CT molecular complexity index is 596. The topological polar surface area (TPSA) is 50.4 Å². The van der Waals surface area contributed by atoms with Crippen LogP contribution < -0.4 is 5.63 Å². The number of hydrogen-bond acceptors (Lipinski definition) is 3. The van der Waals surface area contributed by atoms with Gasteiger partial charge in [-0.3, -0.25) is 0 Å². The smallest absolute Gasteiger partial charge is 0.339 e. The molecule has 1 aromatic carbocycles. The van der Waals surface area contributed by atoms with Gasteiger partial charge < -0.3 is 9.52 Å². The van der Waals surface area contributed by atoms with Crippen molar-refractivity contribution in [1.29, 1.82) is 0 Å². The van der Waals surface area contributed by atoms with Gasteiger partial charge in [0.25, 0.3) is 0 Å². The van der Waals surface area contributed by atoms with Gasteiger partial charge in [0.05, 0.1) is 0 Å². The van der Waals surface area contributed by atoms with Crippen LogP contribution in [0.25, 0.3) is 11.0 Å². The zero-order valence-electron chi connectivity index (χ0n) is 8.12. The molecule has 1 N–H and O–H groups in total. The summed E-state index contributed by atoms with van der Waals surface area (Å²) in [5, 5.41) is 10.3. The Labute approximate surface area is 86.0 Å². The lowest BCUT2D eigenvalue weighted by Gasteiger charge is -2.03. The number of aryl methyl sites for hydroxylation is 1. The molecule has 15 heavy (non-hydrogen) atoms. The molecule has 1 heterocycles.